The quantitative estimate of drug-likeness (QED) is 0.573. The third-order valence-electron chi connectivity index (χ3n) is 7.34. The van der Waals surface area contributed by atoms with Gasteiger partial charge in [-0.2, -0.15) is 0 Å². The predicted molar refractivity (Wildman–Crippen MR) is 129 cm³/mol. The van der Waals surface area contributed by atoms with Gasteiger partial charge < -0.3 is 9.47 Å². The van der Waals surface area contributed by atoms with E-state index in [0.717, 1.165) is 43.9 Å². The molecule has 33 heavy (non-hydrogen) atoms. The lowest BCUT2D eigenvalue weighted by Crippen LogP contribution is -2.39. The van der Waals surface area contributed by atoms with Gasteiger partial charge in [-0.25, -0.2) is 4.98 Å². The van der Waals surface area contributed by atoms with Gasteiger partial charge in [-0.1, -0.05) is 29.8 Å². The molecule has 172 valence electrons. The third-order valence-corrected chi connectivity index (χ3v) is 7.34. The molecule has 0 saturated carbocycles. The van der Waals surface area contributed by atoms with E-state index in [1.165, 1.54) is 11.1 Å². The molecule has 0 unspecified atom stereocenters. The van der Waals surface area contributed by atoms with Crippen molar-refractivity contribution in [1.82, 2.24) is 24.3 Å². The Morgan fingerprint density at radius 1 is 1.12 bits per heavy atom. The minimum Gasteiger partial charge on any atom is -0.338 e. The Bertz CT molecular complexity index is 1120. The van der Waals surface area contributed by atoms with Gasteiger partial charge in [0, 0.05) is 63.3 Å². The Labute approximate surface area is 196 Å². The highest BCUT2D eigenvalue weighted by Crippen LogP contribution is 2.50. The first-order valence-corrected chi connectivity index (χ1v) is 11.9. The van der Waals surface area contributed by atoms with Crippen molar-refractivity contribution in [2.45, 2.75) is 52.2 Å². The van der Waals surface area contributed by atoms with Crippen LogP contribution in [0.4, 0.5) is 0 Å². The minimum absolute atomic E-state index is 0.109. The van der Waals surface area contributed by atoms with E-state index in [9.17, 15) is 4.79 Å². The second-order valence-electron chi connectivity index (χ2n) is 10.0. The highest BCUT2D eigenvalue weighted by atomic mass is 16.2. The third kappa shape index (κ3) is 4.20. The van der Waals surface area contributed by atoms with E-state index in [1.807, 2.05) is 23.4 Å². The first-order chi connectivity index (χ1) is 15.9. The molecule has 5 rings (SSSR count). The summed E-state index contributed by atoms with van der Waals surface area (Å²) in [6.07, 6.45) is 8.55. The van der Waals surface area contributed by atoms with Crippen LogP contribution in [0.25, 0.3) is 0 Å². The lowest BCUT2D eigenvalue weighted by atomic mass is 9.75. The number of rotatable bonds is 6. The zero-order valence-corrected chi connectivity index (χ0v) is 19.8. The number of benzene rings is 1. The van der Waals surface area contributed by atoms with Crippen molar-refractivity contribution in [1.29, 1.82) is 0 Å². The fourth-order valence-electron chi connectivity index (χ4n) is 5.57. The number of hydrogen-bond donors (Lipinski definition) is 0. The molecule has 0 aliphatic carbocycles. The predicted octanol–water partition coefficient (Wildman–Crippen LogP) is 4.19. The highest BCUT2D eigenvalue weighted by molar-refractivity contribution is 5.86. The number of pyridine rings is 1. The van der Waals surface area contributed by atoms with Crippen LogP contribution < -0.4 is 0 Å². The Kier molecular flexibility index (Phi) is 5.79. The van der Waals surface area contributed by atoms with Crippen LogP contribution >= 0.6 is 0 Å². The molecule has 1 spiro atoms. The number of hydrogen-bond acceptors (Lipinski definition) is 4. The lowest BCUT2D eigenvalue weighted by molar-refractivity contribution is -0.136. The Balaban J connectivity index is 1.43. The first-order valence-electron chi connectivity index (χ1n) is 11.9. The van der Waals surface area contributed by atoms with E-state index in [1.54, 1.807) is 12.4 Å². The van der Waals surface area contributed by atoms with Gasteiger partial charge in [0.25, 0.3) is 0 Å². The summed E-state index contributed by atoms with van der Waals surface area (Å²) in [4.78, 5) is 27.4. The normalized spacial score (nSPS) is 23.3. The van der Waals surface area contributed by atoms with Crippen molar-refractivity contribution in [2.24, 2.45) is 5.41 Å². The van der Waals surface area contributed by atoms with Gasteiger partial charge in [0.2, 0.25) is 5.91 Å². The first kappa shape index (κ1) is 21.8. The molecule has 6 nitrogen and oxygen atoms in total. The van der Waals surface area contributed by atoms with Crippen molar-refractivity contribution in [3.63, 3.8) is 0 Å². The second-order valence-corrected chi connectivity index (χ2v) is 10.0. The maximum atomic E-state index is 14.0. The monoisotopic (exact) mass is 443 g/mol. The number of carbonyl (C=O) groups excluding carboxylic acids is 1. The molecule has 2 atom stereocenters. The zero-order chi connectivity index (χ0) is 23.0. The van der Waals surface area contributed by atoms with Gasteiger partial charge in [0.05, 0.1) is 17.4 Å². The maximum Gasteiger partial charge on any atom is 0.231 e. The number of aryl methyl sites for hydroxylation is 1. The largest absolute Gasteiger partial charge is 0.338 e. The van der Waals surface area contributed by atoms with E-state index < -0.39 is 5.41 Å². The van der Waals surface area contributed by atoms with Crippen LogP contribution in [-0.2, 0) is 17.9 Å². The molecule has 0 radical (unpaired) electrons. The van der Waals surface area contributed by atoms with Crippen LogP contribution in [0.1, 0.15) is 54.6 Å². The topological polar surface area (TPSA) is 54.3 Å². The van der Waals surface area contributed by atoms with Crippen molar-refractivity contribution in [2.75, 3.05) is 19.6 Å². The fourth-order valence-corrected chi connectivity index (χ4v) is 5.57. The molecule has 3 aromatic rings. The number of imidazole rings is 1. The molecule has 2 aromatic heterocycles. The summed E-state index contributed by atoms with van der Waals surface area (Å²) in [6, 6.07) is 13.0. The van der Waals surface area contributed by atoms with Crippen LogP contribution in [0.3, 0.4) is 0 Å². The number of aromatic nitrogens is 3. The molecule has 1 amide bonds. The fraction of sp³-hybridized carbons (Fsp3) is 0.444. The minimum atomic E-state index is -0.410. The molecule has 2 saturated heterocycles. The molecule has 6 heteroatoms. The molecule has 0 bridgehead atoms. The second kappa shape index (κ2) is 8.75. The lowest BCUT2D eigenvalue weighted by Gasteiger charge is -2.28. The number of carbonyl (C=O) groups is 1. The average molecular weight is 444 g/mol. The molecule has 2 fully saturated rings. The van der Waals surface area contributed by atoms with Gasteiger partial charge in [-0.3, -0.25) is 14.7 Å². The van der Waals surface area contributed by atoms with E-state index in [0.29, 0.717) is 12.6 Å². The van der Waals surface area contributed by atoms with E-state index in [2.05, 4.69) is 65.7 Å². The summed E-state index contributed by atoms with van der Waals surface area (Å²) >= 11 is 0. The van der Waals surface area contributed by atoms with Gasteiger partial charge in [-0.05, 0) is 50.5 Å². The summed E-state index contributed by atoms with van der Waals surface area (Å²) in [6.45, 7) is 10.4. The zero-order valence-electron chi connectivity index (χ0n) is 19.8. The summed E-state index contributed by atoms with van der Waals surface area (Å²) in [5.41, 5.74) is 4.35. The SMILES string of the molecule is Cc1cccc(CN2C[C@@H](c3cn(C(C)C)cn3)[C@]3(CCN(Cc4ccncc4)C3=O)C2)c1. The number of amides is 1. The summed E-state index contributed by atoms with van der Waals surface area (Å²) in [5.74, 6) is 0.382. The van der Waals surface area contributed by atoms with Crippen molar-refractivity contribution < 1.29 is 4.79 Å². The molecule has 1 aromatic carbocycles. The molecule has 2 aliphatic heterocycles. The van der Waals surface area contributed by atoms with Crippen molar-refractivity contribution >= 4 is 5.91 Å². The van der Waals surface area contributed by atoms with E-state index in [4.69, 9.17) is 4.98 Å². The van der Waals surface area contributed by atoms with Crippen LogP contribution in [0.2, 0.25) is 0 Å². The average Bonchev–Trinajstić information content (AvgIpc) is 3.49. The highest BCUT2D eigenvalue weighted by Gasteiger charge is 2.57. The van der Waals surface area contributed by atoms with Gasteiger partial charge in [0.15, 0.2) is 0 Å². The Hall–Kier alpha value is -2.99. The maximum absolute atomic E-state index is 14.0. The van der Waals surface area contributed by atoms with Crippen molar-refractivity contribution in [3.8, 4) is 0 Å². The molecule has 4 heterocycles. The van der Waals surface area contributed by atoms with Crippen LogP contribution in [0.15, 0.2) is 61.3 Å². The van der Waals surface area contributed by atoms with Crippen LogP contribution in [0.5, 0.6) is 0 Å². The molecular weight excluding hydrogens is 410 g/mol. The summed E-state index contributed by atoms with van der Waals surface area (Å²) in [7, 11) is 0. The number of nitrogens with zero attached hydrogens (tertiary/aromatic N) is 5. The smallest absolute Gasteiger partial charge is 0.231 e. The van der Waals surface area contributed by atoms with Gasteiger partial charge >= 0.3 is 0 Å². The molecule has 0 N–H and O–H groups in total. The Morgan fingerprint density at radius 2 is 1.94 bits per heavy atom. The van der Waals surface area contributed by atoms with Gasteiger partial charge in [0.1, 0.15) is 0 Å². The van der Waals surface area contributed by atoms with E-state index >= 15 is 0 Å². The standard InChI is InChI=1S/C27H33N5O/c1-20(2)32-17-25(29-19-32)24-16-30(14-23-6-4-5-21(3)13-23)18-27(24)9-12-31(26(27)33)15-22-7-10-28-11-8-22/h4-8,10-11,13,17,19-20,24H,9,12,14-16,18H2,1-3H3/t24-,27-/m0/s1. The molecular formula is C27H33N5O. The van der Waals surface area contributed by atoms with Crippen LogP contribution in [-0.4, -0.2) is 49.9 Å². The summed E-state index contributed by atoms with van der Waals surface area (Å²) < 4.78 is 2.15. The molecule has 2 aliphatic rings. The van der Waals surface area contributed by atoms with Gasteiger partial charge in [-0.15, -0.1) is 0 Å². The van der Waals surface area contributed by atoms with Crippen molar-refractivity contribution in [3.05, 3.63) is 83.7 Å². The van der Waals surface area contributed by atoms with E-state index in [-0.39, 0.29) is 11.8 Å². The Morgan fingerprint density at radius 3 is 2.67 bits per heavy atom. The van der Waals surface area contributed by atoms with Crippen LogP contribution in [0, 0.1) is 12.3 Å². The summed E-state index contributed by atoms with van der Waals surface area (Å²) in [5, 5.41) is 0. The number of likely N-dealkylation sites (tertiary alicyclic amines) is 2.